The van der Waals surface area contributed by atoms with Gasteiger partial charge in [0.25, 0.3) is 0 Å². The highest BCUT2D eigenvalue weighted by molar-refractivity contribution is 9.10. The van der Waals surface area contributed by atoms with Gasteiger partial charge in [0.1, 0.15) is 5.82 Å². The summed E-state index contributed by atoms with van der Waals surface area (Å²) in [6, 6.07) is 3.85. The number of ether oxygens (including phenoxy) is 1. The second-order valence-electron chi connectivity index (χ2n) is 4.59. The predicted octanol–water partition coefficient (Wildman–Crippen LogP) is 2.28. The van der Waals surface area contributed by atoms with E-state index in [0.717, 1.165) is 12.8 Å². The van der Waals surface area contributed by atoms with Crippen molar-refractivity contribution >= 4 is 27.5 Å². The fourth-order valence-electron chi connectivity index (χ4n) is 2.09. The van der Waals surface area contributed by atoms with E-state index >= 15 is 0 Å². The molecule has 0 spiro atoms. The van der Waals surface area contributed by atoms with Crippen molar-refractivity contribution in [3.8, 4) is 0 Å². The van der Waals surface area contributed by atoms with E-state index in [1.807, 2.05) is 0 Å². The predicted molar refractivity (Wildman–Crippen MR) is 74.2 cm³/mol. The van der Waals surface area contributed by atoms with Gasteiger partial charge in [-0.3, -0.25) is 4.79 Å². The number of hydrogen-bond donors (Lipinski definition) is 2. The number of carbonyl (C=O) groups excluding carboxylic acids is 1. The molecular weight excluding hydrogens is 315 g/mol. The zero-order valence-corrected chi connectivity index (χ0v) is 12.0. The lowest BCUT2D eigenvalue weighted by atomic mass is 9.92. The third-order valence-corrected chi connectivity index (χ3v) is 3.91. The highest BCUT2D eigenvalue weighted by Crippen LogP contribution is 2.21. The first-order valence-corrected chi connectivity index (χ1v) is 6.96. The first-order valence-electron chi connectivity index (χ1n) is 6.17. The fourth-order valence-corrected chi connectivity index (χ4v) is 2.34. The molecule has 6 heteroatoms. The van der Waals surface area contributed by atoms with Crippen molar-refractivity contribution in [3.63, 3.8) is 0 Å². The van der Waals surface area contributed by atoms with Crippen LogP contribution in [0.15, 0.2) is 22.7 Å². The first-order chi connectivity index (χ1) is 9.08. The second-order valence-corrected chi connectivity index (χ2v) is 5.45. The zero-order valence-electron chi connectivity index (χ0n) is 10.4. The molecule has 1 aliphatic heterocycles. The van der Waals surface area contributed by atoms with Crippen LogP contribution in [0.5, 0.6) is 0 Å². The molecule has 0 radical (unpaired) electrons. The normalized spacial score (nSPS) is 18.1. The Kier molecular flexibility index (Phi) is 4.90. The molecule has 1 saturated heterocycles. The van der Waals surface area contributed by atoms with E-state index in [1.54, 1.807) is 12.1 Å². The van der Waals surface area contributed by atoms with Crippen LogP contribution in [0.3, 0.4) is 0 Å². The summed E-state index contributed by atoms with van der Waals surface area (Å²) in [5, 5.41) is 2.64. The average Bonchev–Trinajstić information content (AvgIpc) is 2.43. The van der Waals surface area contributed by atoms with Crippen molar-refractivity contribution < 1.29 is 13.9 Å². The van der Waals surface area contributed by atoms with Gasteiger partial charge in [-0.15, -0.1) is 0 Å². The van der Waals surface area contributed by atoms with E-state index in [9.17, 15) is 9.18 Å². The van der Waals surface area contributed by atoms with E-state index in [0.29, 0.717) is 23.4 Å². The lowest BCUT2D eigenvalue weighted by Gasteiger charge is -2.26. The molecule has 1 atom stereocenters. The molecule has 104 valence electrons. The fraction of sp³-hybridized carbons (Fsp3) is 0.462. The largest absolute Gasteiger partial charge is 0.381 e. The summed E-state index contributed by atoms with van der Waals surface area (Å²) in [6.07, 6.45) is 1.56. The Hall–Kier alpha value is -0.980. The Morgan fingerprint density at radius 3 is 2.79 bits per heavy atom. The Labute approximate surface area is 119 Å². The Bertz CT molecular complexity index is 464. The van der Waals surface area contributed by atoms with Crippen molar-refractivity contribution in [2.75, 3.05) is 18.5 Å². The van der Waals surface area contributed by atoms with Crippen LogP contribution in [0.4, 0.5) is 10.1 Å². The summed E-state index contributed by atoms with van der Waals surface area (Å²) >= 11 is 3.06. The van der Waals surface area contributed by atoms with Gasteiger partial charge in [0.15, 0.2) is 0 Å². The highest BCUT2D eigenvalue weighted by atomic mass is 79.9. The summed E-state index contributed by atoms with van der Waals surface area (Å²) in [5.41, 5.74) is 6.35. The van der Waals surface area contributed by atoms with Crippen LogP contribution < -0.4 is 11.1 Å². The van der Waals surface area contributed by atoms with Crippen molar-refractivity contribution in [2.24, 2.45) is 11.7 Å². The minimum absolute atomic E-state index is 0.119. The molecule has 1 unspecified atom stereocenters. The van der Waals surface area contributed by atoms with Gasteiger partial charge in [-0.05, 0) is 52.9 Å². The molecule has 2 rings (SSSR count). The first kappa shape index (κ1) is 14.4. The summed E-state index contributed by atoms with van der Waals surface area (Å²) in [4.78, 5) is 12.0. The SMILES string of the molecule is NC(C(=O)Nc1ccc(Br)c(F)c1)C1CCOCC1. The third kappa shape index (κ3) is 3.75. The zero-order chi connectivity index (χ0) is 13.8. The van der Waals surface area contributed by atoms with Crippen LogP contribution in [0, 0.1) is 11.7 Å². The van der Waals surface area contributed by atoms with Crippen molar-refractivity contribution in [1.82, 2.24) is 0 Å². The molecule has 1 amide bonds. The molecule has 1 heterocycles. The van der Waals surface area contributed by atoms with Gasteiger partial charge >= 0.3 is 0 Å². The van der Waals surface area contributed by atoms with Crippen LogP contribution in [-0.4, -0.2) is 25.2 Å². The van der Waals surface area contributed by atoms with Crippen LogP contribution in [0.1, 0.15) is 12.8 Å². The Morgan fingerprint density at radius 1 is 1.47 bits per heavy atom. The monoisotopic (exact) mass is 330 g/mol. The summed E-state index contributed by atoms with van der Waals surface area (Å²) in [6.45, 7) is 1.27. The van der Waals surface area contributed by atoms with Gasteiger partial charge in [-0.25, -0.2) is 4.39 Å². The summed E-state index contributed by atoms with van der Waals surface area (Å²) in [7, 11) is 0. The smallest absolute Gasteiger partial charge is 0.241 e. The number of anilines is 1. The summed E-state index contributed by atoms with van der Waals surface area (Å²) in [5.74, 6) is -0.583. The second kappa shape index (κ2) is 6.45. The Morgan fingerprint density at radius 2 is 2.16 bits per heavy atom. The molecule has 4 nitrogen and oxygen atoms in total. The van der Waals surface area contributed by atoms with E-state index in [-0.39, 0.29) is 11.8 Å². The molecule has 0 aliphatic carbocycles. The number of rotatable bonds is 3. The highest BCUT2D eigenvalue weighted by Gasteiger charge is 2.26. The topological polar surface area (TPSA) is 64.4 Å². The number of amides is 1. The number of nitrogens with one attached hydrogen (secondary N) is 1. The molecule has 3 N–H and O–H groups in total. The number of nitrogens with two attached hydrogens (primary N) is 1. The van der Waals surface area contributed by atoms with E-state index in [4.69, 9.17) is 10.5 Å². The van der Waals surface area contributed by atoms with E-state index in [2.05, 4.69) is 21.2 Å². The van der Waals surface area contributed by atoms with Crippen molar-refractivity contribution in [1.29, 1.82) is 0 Å². The average molecular weight is 331 g/mol. The molecule has 0 saturated carbocycles. The maximum absolute atomic E-state index is 13.3. The van der Waals surface area contributed by atoms with Gasteiger partial charge in [0.2, 0.25) is 5.91 Å². The molecule has 1 fully saturated rings. The molecule has 1 aromatic rings. The molecule has 1 aromatic carbocycles. The van der Waals surface area contributed by atoms with Crippen LogP contribution >= 0.6 is 15.9 Å². The third-order valence-electron chi connectivity index (χ3n) is 3.26. The quantitative estimate of drug-likeness (QED) is 0.893. The van der Waals surface area contributed by atoms with Crippen molar-refractivity contribution in [2.45, 2.75) is 18.9 Å². The Balaban J connectivity index is 1.97. The maximum Gasteiger partial charge on any atom is 0.241 e. The number of carbonyl (C=O) groups is 1. The minimum atomic E-state index is -0.587. The van der Waals surface area contributed by atoms with Gasteiger partial charge in [0, 0.05) is 18.9 Å². The molecule has 1 aliphatic rings. The number of hydrogen-bond acceptors (Lipinski definition) is 3. The van der Waals surface area contributed by atoms with Gasteiger partial charge in [0.05, 0.1) is 10.5 Å². The number of benzene rings is 1. The van der Waals surface area contributed by atoms with Crippen LogP contribution in [0.25, 0.3) is 0 Å². The van der Waals surface area contributed by atoms with E-state index < -0.39 is 11.9 Å². The minimum Gasteiger partial charge on any atom is -0.381 e. The maximum atomic E-state index is 13.3. The van der Waals surface area contributed by atoms with Gasteiger partial charge in [-0.2, -0.15) is 0 Å². The molecule has 19 heavy (non-hydrogen) atoms. The molecule has 0 aromatic heterocycles. The van der Waals surface area contributed by atoms with Crippen molar-refractivity contribution in [3.05, 3.63) is 28.5 Å². The molecular formula is C13H16BrFN2O2. The lowest BCUT2D eigenvalue weighted by molar-refractivity contribution is -0.119. The summed E-state index contributed by atoms with van der Waals surface area (Å²) < 4.78 is 18.9. The van der Waals surface area contributed by atoms with Crippen LogP contribution in [-0.2, 0) is 9.53 Å². The van der Waals surface area contributed by atoms with E-state index in [1.165, 1.54) is 6.07 Å². The number of halogens is 2. The molecule has 0 bridgehead atoms. The van der Waals surface area contributed by atoms with Crippen LogP contribution in [0.2, 0.25) is 0 Å². The lowest BCUT2D eigenvalue weighted by Crippen LogP contribution is -2.44. The van der Waals surface area contributed by atoms with Gasteiger partial charge < -0.3 is 15.8 Å². The van der Waals surface area contributed by atoms with Gasteiger partial charge in [-0.1, -0.05) is 0 Å². The standard InChI is InChI=1S/C13H16BrFN2O2/c14-10-2-1-9(7-11(10)15)17-13(18)12(16)8-3-5-19-6-4-8/h1-2,7-8,12H,3-6,16H2,(H,17,18).